The molecular formula is C20H21NO5. The van der Waals surface area contributed by atoms with Crippen LogP contribution in [0.15, 0.2) is 48.5 Å². The molecule has 2 atom stereocenters. The summed E-state index contributed by atoms with van der Waals surface area (Å²) in [6, 6.07) is 15.8. The number of ether oxygens (including phenoxy) is 2. The number of hydrogen-bond donors (Lipinski definition) is 2. The summed E-state index contributed by atoms with van der Waals surface area (Å²) in [5.74, 6) is -2.21. The summed E-state index contributed by atoms with van der Waals surface area (Å²) >= 11 is 0. The zero-order valence-corrected chi connectivity index (χ0v) is 14.6. The molecule has 2 aromatic rings. The quantitative estimate of drug-likeness (QED) is 0.624. The highest BCUT2D eigenvalue weighted by atomic mass is 16.6. The third-order valence-electron chi connectivity index (χ3n) is 4.86. The minimum Gasteiger partial charge on any atom is -0.467 e. The molecule has 0 aliphatic heterocycles. The van der Waals surface area contributed by atoms with Crippen LogP contribution >= 0.6 is 0 Å². The number of aliphatic hydroxyl groups excluding tert-OH is 1. The molecule has 2 aromatic carbocycles. The van der Waals surface area contributed by atoms with Crippen LogP contribution in [0.3, 0.4) is 0 Å². The van der Waals surface area contributed by atoms with E-state index in [1.165, 1.54) is 6.92 Å². The molecule has 3 N–H and O–H groups in total. The van der Waals surface area contributed by atoms with Crippen LogP contribution in [0, 0.1) is 0 Å². The Morgan fingerprint density at radius 3 is 2.04 bits per heavy atom. The van der Waals surface area contributed by atoms with Crippen molar-refractivity contribution >= 4 is 11.9 Å². The molecule has 0 bridgehead atoms. The molecule has 1 aliphatic rings. The first-order chi connectivity index (χ1) is 12.4. The smallest absolute Gasteiger partial charge is 0.340 e. The predicted octanol–water partition coefficient (Wildman–Crippen LogP) is 1.59. The van der Waals surface area contributed by atoms with Crippen LogP contribution in [0.5, 0.6) is 0 Å². The van der Waals surface area contributed by atoms with Gasteiger partial charge in [0, 0.05) is 5.92 Å². The van der Waals surface area contributed by atoms with Gasteiger partial charge in [-0.1, -0.05) is 48.5 Å². The Labute approximate surface area is 151 Å². The second-order valence-corrected chi connectivity index (χ2v) is 6.36. The maximum absolute atomic E-state index is 12.5. The molecule has 26 heavy (non-hydrogen) atoms. The van der Waals surface area contributed by atoms with Crippen molar-refractivity contribution in [2.24, 2.45) is 5.73 Å². The number of esters is 2. The topological polar surface area (TPSA) is 98.9 Å². The van der Waals surface area contributed by atoms with E-state index in [0.717, 1.165) is 29.4 Å². The Bertz CT molecular complexity index is 802. The van der Waals surface area contributed by atoms with Crippen LogP contribution in [-0.4, -0.2) is 42.4 Å². The van der Waals surface area contributed by atoms with E-state index in [1.54, 1.807) is 0 Å². The average molecular weight is 355 g/mol. The fourth-order valence-corrected chi connectivity index (χ4v) is 3.31. The van der Waals surface area contributed by atoms with Crippen LogP contribution < -0.4 is 5.73 Å². The third kappa shape index (κ3) is 2.77. The van der Waals surface area contributed by atoms with Gasteiger partial charge in [-0.25, -0.2) is 9.59 Å². The summed E-state index contributed by atoms with van der Waals surface area (Å²) in [5.41, 5.74) is 7.82. The summed E-state index contributed by atoms with van der Waals surface area (Å²) in [6.45, 7) is 1.26. The molecule has 3 rings (SSSR count). The lowest BCUT2D eigenvalue weighted by Crippen LogP contribution is -2.63. The maximum atomic E-state index is 12.5. The summed E-state index contributed by atoms with van der Waals surface area (Å²) in [5, 5.41) is 9.82. The first kappa shape index (κ1) is 18.1. The van der Waals surface area contributed by atoms with Crippen molar-refractivity contribution in [3.8, 4) is 11.1 Å². The van der Waals surface area contributed by atoms with Crippen molar-refractivity contribution in [1.29, 1.82) is 0 Å². The lowest BCUT2D eigenvalue weighted by molar-refractivity contribution is -0.168. The van der Waals surface area contributed by atoms with Crippen molar-refractivity contribution < 1.29 is 24.2 Å². The molecule has 0 unspecified atom stereocenters. The van der Waals surface area contributed by atoms with Crippen LogP contribution in [-0.2, 0) is 19.1 Å². The molecule has 0 amide bonds. The molecular weight excluding hydrogens is 334 g/mol. The second-order valence-electron chi connectivity index (χ2n) is 6.36. The lowest BCUT2D eigenvalue weighted by Gasteiger charge is -2.27. The van der Waals surface area contributed by atoms with Crippen LogP contribution in [0.1, 0.15) is 24.0 Å². The van der Waals surface area contributed by atoms with E-state index in [-0.39, 0.29) is 12.5 Å². The maximum Gasteiger partial charge on any atom is 0.340 e. The van der Waals surface area contributed by atoms with Gasteiger partial charge in [-0.15, -0.1) is 0 Å². The molecule has 0 radical (unpaired) electrons. The normalized spacial score (nSPS) is 16.2. The summed E-state index contributed by atoms with van der Waals surface area (Å²) in [7, 11) is 1.10. The Hall–Kier alpha value is -2.70. The van der Waals surface area contributed by atoms with Crippen molar-refractivity contribution in [3.63, 3.8) is 0 Å². The molecule has 6 heteroatoms. The number of rotatable bonds is 5. The van der Waals surface area contributed by atoms with Crippen molar-refractivity contribution in [3.05, 3.63) is 59.7 Å². The van der Waals surface area contributed by atoms with E-state index in [4.69, 9.17) is 10.5 Å². The predicted molar refractivity (Wildman–Crippen MR) is 95.3 cm³/mol. The van der Waals surface area contributed by atoms with Crippen LogP contribution in [0.2, 0.25) is 0 Å². The SMILES string of the molecule is COC(=O)[C@](N)(C(=O)OCC1c2ccccc2-c2ccccc21)[C@@H](C)O. The molecule has 0 aromatic heterocycles. The first-order valence-corrected chi connectivity index (χ1v) is 8.32. The van der Waals surface area contributed by atoms with Gasteiger partial charge in [-0.05, 0) is 29.2 Å². The fraction of sp³-hybridized carbons (Fsp3) is 0.300. The van der Waals surface area contributed by atoms with E-state index < -0.39 is 23.6 Å². The number of carbonyl (C=O) groups is 2. The number of methoxy groups -OCH3 is 1. The molecule has 6 nitrogen and oxygen atoms in total. The van der Waals surface area contributed by atoms with Crippen LogP contribution in [0.4, 0.5) is 0 Å². The average Bonchev–Trinajstić information content (AvgIpc) is 2.98. The minimum atomic E-state index is -2.26. The molecule has 1 aliphatic carbocycles. The number of aliphatic hydroxyl groups is 1. The van der Waals surface area contributed by atoms with Gasteiger partial charge in [0.15, 0.2) is 0 Å². The molecule has 0 saturated heterocycles. The number of nitrogens with two attached hydrogens (primary N) is 1. The van der Waals surface area contributed by atoms with Crippen LogP contribution in [0.25, 0.3) is 11.1 Å². The third-order valence-corrected chi connectivity index (χ3v) is 4.86. The van der Waals surface area contributed by atoms with Gasteiger partial charge in [0.25, 0.3) is 0 Å². The lowest BCUT2D eigenvalue weighted by atomic mass is 9.94. The number of carbonyl (C=O) groups excluding carboxylic acids is 2. The van der Waals surface area contributed by atoms with Crippen molar-refractivity contribution in [2.75, 3.05) is 13.7 Å². The van der Waals surface area contributed by atoms with Gasteiger partial charge in [-0.3, -0.25) is 0 Å². The Morgan fingerprint density at radius 2 is 1.58 bits per heavy atom. The van der Waals surface area contributed by atoms with Gasteiger partial charge < -0.3 is 20.3 Å². The highest BCUT2D eigenvalue weighted by molar-refractivity contribution is 6.05. The van der Waals surface area contributed by atoms with Gasteiger partial charge in [0.2, 0.25) is 5.54 Å². The standard InChI is InChI=1S/C20H21NO5/c1-12(22)20(21,18(23)25-2)19(24)26-11-17-15-9-5-3-7-13(15)14-8-4-6-10-16(14)17/h3-10,12,17,22H,11,21H2,1-2H3/t12-,20+/m1/s1. The highest BCUT2D eigenvalue weighted by Gasteiger charge is 2.50. The van der Waals surface area contributed by atoms with Gasteiger partial charge >= 0.3 is 11.9 Å². The van der Waals surface area contributed by atoms with Gasteiger partial charge in [0.05, 0.1) is 13.2 Å². The van der Waals surface area contributed by atoms with Crippen molar-refractivity contribution in [1.82, 2.24) is 0 Å². The summed E-state index contributed by atoms with van der Waals surface area (Å²) in [6.07, 6.45) is -1.45. The van der Waals surface area contributed by atoms with Crippen molar-refractivity contribution in [2.45, 2.75) is 24.5 Å². The molecule has 0 spiro atoms. The van der Waals surface area contributed by atoms with Gasteiger partial charge in [-0.2, -0.15) is 0 Å². The molecule has 0 heterocycles. The van der Waals surface area contributed by atoms with E-state index in [9.17, 15) is 14.7 Å². The van der Waals surface area contributed by atoms with E-state index in [1.807, 2.05) is 48.5 Å². The zero-order valence-electron chi connectivity index (χ0n) is 14.6. The van der Waals surface area contributed by atoms with Gasteiger partial charge in [0.1, 0.15) is 6.61 Å². The Kier molecular flexibility index (Phi) is 4.80. The first-order valence-electron chi connectivity index (χ1n) is 8.32. The summed E-state index contributed by atoms with van der Waals surface area (Å²) < 4.78 is 9.92. The van der Waals surface area contributed by atoms with E-state index in [0.29, 0.717) is 0 Å². The molecule has 0 fully saturated rings. The minimum absolute atomic E-state index is 0.00945. The molecule has 0 saturated carbocycles. The molecule has 136 valence electrons. The number of hydrogen-bond acceptors (Lipinski definition) is 6. The van der Waals surface area contributed by atoms with E-state index in [2.05, 4.69) is 4.74 Å². The Morgan fingerprint density at radius 1 is 1.08 bits per heavy atom. The summed E-state index contributed by atoms with van der Waals surface area (Å²) in [4.78, 5) is 24.4. The second kappa shape index (κ2) is 6.90. The fourth-order valence-electron chi connectivity index (χ4n) is 3.31. The van der Waals surface area contributed by atoms with E-state index >= 15 is 0 Å². The monoisotopic (exact) mass is 355 g/mol. The Balaban J connectivity index is 1.86. The highest BCUT2D eigenvalue weighted by Crippen LogP contribution is 2.44. The largest absolute Gasteiger partial charge is 0.467 e. The number of benzene rings is 2. The number of fused-ring (bicyclic) bond motifs is 3. The zero-order chi connectivity index (χ0) is 18.9.